The van der Waals surface area contributed by atoms with Gasteiger partial charge in [0.1, 0.15) is 0 Å². The first-order valence-corrected chi connectivity index (χ1v) is 6.68. The minimum absolute atomic E-state index is 0.208. The number of nitrogens with one attached hydrogen (secondary N) is 2. The number of pyridine rings is 1. The number of hydrogen-bond donors (Lipinski definition) is 3. The molecule has 0 saturated carbocycles. The SMILES string of the molecule is CCc1[nH]nc(C(=O)Nc2cnc3ccccc3c2)c1N. The number of fused-ring (bicyclic) bond motifs is 1. The summed E-state index contributed by atoms with van der Waals surface area (Å²) >= 11 is 0. The molecule has 0 aliphatic heterocycles. The van der Waals surface area contributed by atoms with E-state index in [4.69, 9.17) is 5.73 Å². The van der Waals surface area contributed by atoms with Crippen LogP contribution in [0.3, 0.4) is 0 Å². The van der Waals surface area contributed by atoms with Gasteiger partial charge in [0, 0.05) is 5.39 Å². The highest BCUT2D eigenvalue weighted by Gasteiger charge is 2.16. The summed E-state index contributed by atoms with van der Waals surface area (Å²) in [5, 5.41) is 10.5. The Hall–Kier alpha value is -2.89. The normalized spacial score (nSPS) is 10.7. The monoisotopic (exact) mass is 281 g/mol. The van der Waals surface area contributed by atoms with Crippen molar-refractivity contribution in [3.63, 3.8) is 0 Å². The number of H-pyrrole nitrogens is 1. The van der Waals surface area contributed by atoms with Gasteiger partial charge in [-0.05, 0) is 18.6 Å². The van der Waals surface area contributed by atoms with E-state index in [0.717, 1.165) is 16.6 Å². The number of rotatable bonds is 3. The van der Waals surface area contributed by atoms with Crippen molar-refractivity contribution < 1.29 is 4.79 Å². The molecule has 106 valence electrons. The largest absolute Gasteiger partial charge is 0.395 e. The first-order valence-electron chi connectivity index (χ1n) is 6.68. The third kappa shape index (κ3) is 2.43. The molecule has 0 aliphatic rings. The Morgan fingerprint density at radius 3 is 2.95 bits per heavy atom. The van der Waals surface area contributed by atoms with E-state index >= 15 is 0 Å². The molecule has 0 saturated heterocycles. The van der Waals surface area contributed by atoms with Gasteiger partial charge in [-0.15, -0.1) is 0 Å². The van der Waals surface area contributed by atoms with Crippen molar-refractivity contribution in [3.05, 3.63) is 47.9 Å². The van der Waals surface area contributed by atoms with Crippen LogP contribution < -0.4 is 11.1 Å². The van der Waals surface area contributed by atoms with Crippen LogP contribution in [0.1, 0.15) is 23.1 Å². The Morgan fingerprint density at radius 1 is 1.38 bits per heavy atom. The Morgan fingerprint density at radius 2 is 2.19 bits per heavy atom. The molecule has 1 amide bonds. The second-order valence-electron chi connectivity index (χ2n) is 4.69. The zero-order valence-electron chi connectivity index (χ0n) is 11.6. The first kappa shape index (κ1) is 13.1. The predicted octanol–water partition coefficient (Wildman–Crippen LogP) is 2.35. The van der Waals surface area contributed by atoms with Crippen molar-refractivity contribution in [1.82, 2.24) is 15.2 Å². The number of amides is 1. The lowest BCUT2D eigenvalue weighted by atomic mass is 10.2. The van der Waals surface area contributed by atoms with Crippen LogP contribution in [-0.4, -0.2) is 21.1 Å². The van der Waals surface area contributed by atoms with Gasteiger partial charge in [0.15, 0.2) is 5.69 Å². The minimum atomic E-state index is -0.347. The predicted molar refractivity (Wildman–Crippen MR) is 82.1 cm³/mol. The molecule has 3 aromatic rings. The lowest BCUT2D eigenvalue weighted by molar-refractivity contribution is 0.102. The zero-order valence-corrected chi connectivity index (χ0v) is 11.6. The third-order valence-corrected chi connectivity index (χ3v) is 3.30. The van der Waals surface area contributed by atoms with E-state index < -0.39 is 0 Å². The fourth-order valence-electron chi connectivity index (χ4n) is 2.16. The summed E-state index contributed by atoms with van der Waals surface area (Å²) in [7, 11) is 0. The summed E-state index contributed by atoms with van der Waals surface area (Å²) in [5.74, 6) is -0.347. The van der Waals surface area contributed by atoms with Crippen LogP contribution in [0.5, 0.6) is 0 Å². The van der Waals surface area contributed by atoms with E-state index in [1.807, 2.05) is 37.3 Å². The van der Waals surface area contributed by atoms with Crippen LogP contribution in [0, 0.1) is 0 Å². The Bertz CT molecular complexity index is 809. The fourth-order valence-corrected chi connectivity index (χ4v) is 2.16. The number of aryl methyl sites for hydroxylation is 1. The standard InChI is InChI=1S/C15H15N5O/c1-2-11-13(16)14(20-19-11)15(21)18-10-7-9-5-3-4-6-12(9)17-8-10/h3-8H,2,16H2,1H3,(H,18,21)(H,19,20). The van der Waals surface area contributed by atoms with E-state index in [0.29, 0.717) is 17.8 Å². The third-order valence-electron chi connectivity index (χ3n) is 3.30. The van der Waals surface area contributed by atoms with Crippen molar-refractivity contribution >= 4 is 28.2 Å². The molecule has 0 atom stereocenters. The van der Waals surface area contributed by atoms with Gasteiger partial charge in [-0.1, -0.05) is 25.1 Å². The number of nitrogens with two attached hydrogens (primary N) is 1. The Balaban J connectivity index is 1.87. The van der Waals surface area contributed by atoms with Crippen LogP contribution in [0.2, 0.25) is 0 Å². The molecule has 0 bridgehead atoms. The van der Waals surface area contributed by atoms with E-state index in [1.165, 1.54) is 0 Å². The second kappa shape index (κ2) is 5.24. The van der Waals surface area contributed by atoms with Gasteiger partial charge in [0.2, 0.25) is 0 Å². The molecule has 6 nitrogen and oxygen atoms in total. The number of anilines is 2. The van der Waals surface area contributed by atoms with E-state index in [9.17, 15) is 4.79 Å². The molecule has 21 heavy (non-hydrogen) atoms. The summed E-state index contributed by atoms with van der Waals surface area (Å²) in [5.41, 5.74) is 8.74. The maximum absolute atomic E-state index is 12.2. The van der Waals surface area contributed by atoms with Crippen LogP contribution in [0.25, 0.3) is 10.9 Å². The van der Waals surface area contributed by atoms with E-state index in [-0.39, 0.29) is 11.6 Å². The molecule has 0 unspecified atom stereocenters. The van der Waals surface area contributed by atoms with E-state index in [1.54, 1.807) is 6.20 Å². The van der Waals surface area contributed by atoms with Crippen molar-refractivity contribution in [2.45, 2.75) is 13.3 Å². The number of para-hydroxylation sites is 1. The zero-order chi connectivity index (χ0) is 14.8. The number of aromatic amines is 1. The topological polar surface area (TPSA) is 96.7 Å². The Labute approximate surface area is 121 Å². The van der Waals surface area contributed by atoms with Crippen LogP contribution >= 0.6 is 0 Å². The number of nitrogen functional groups attached to an aromatic ring is 1. The smallest absolute Gasteiger partial charge is 0.278 e. The average Bonchev–Trinajstić information content (AvgIpc) is 2.88. The van der Waals surface area contributed by atoms with Gasteiger partial charge >= 0.3 is 0 Å². The molecule has 0 spiro atoms. The van der Waals surface area contributed by atoms with Crippen LogP contribution in [0.4, 0.5) is 11.4 Å². The quantitative estimate of drug-likeness (QED) is 0.686. The molecule has 6 heteroatoms. The van der Waals surface area contributed by atoms with Crippen LogP contribution in [-0.2, 0) is 6.42 Å². The molecule has 1 aromatic carbocycles. The molecular formula is C15H15N5O. The Kier molecular flexibility index (Phi) is 3.27. The summed E-state index contributed by atoms with van der Waals surface area (Å²) in [6.07, 6.45) is 2.31. The summed E-state index contributed by atoms with van der Waals surface area (Å²) < 4.78 is 0. The number of carbonyl (C=O) groups is 1. The fraction of sp³-hybridized carbons (Fsp3) is 0.133. The number of nitrogens with zero attached hydrogens (tertiary/aromatic N) is 2. The highest BCUT2D eigenvalue weighted by Crippen LogP contribution is 2.19. The van der Waals surface area contributed by atoms with Gasteiger partial charge in [0.05, 0.1) is 28.8 Å². The van der Waals surface area contributed by atoms with Gasteiger partial charge in [-0.2, -0.15) is 5.10 Å². The van der Waals surface area contributed by atoms with Gasteiger partial charge in [-0.3, -0.25) is 14.9 Å². The molecule has 2 heterocycles. The second-order valence-corrected chi connectivity index (χ2v) is 4.69. The lowest BCUT2D eigenvalue weighted by Crippen LogP contribution is -2.14. The number of hydrogen-bond acceptors (Lipinski definition) is 4. The van der Waals surface area contributed by atoms with Crippen molar-refractivity contribution in [3.8, 4) is 0 Å². The molecule has 4 N–H and O–H groups in total. The maximum Gasteiger partial charge on any atom is 0.278 e. The van der Waals surface area contributed by atoms with Crippen molar-refractivity contribution in [1.29, 1.82) is 0 Å². The van der Waals surface area contributed by atoms with Crippen LogP contribution in [0.15, 0.2) is 36.5 Å². The summed E-state index contributed by atoms with van der Waals surface area (Å²) in [6.45, 7) is 1.94. The van der Waals surface area contributed by atoms with Gasteiger partial charge in [-0.25, -0.2) is 0 Å². The highest BCUT2D eigenvalue weighted by atomic mass is 16.2. The molecular weight excluding hydrogens is 266 g/mol. The maximum atomic E-state index is 12.2. The van der Waals surface area contributed by atoms with Crippen molar-refractivity contribution in [2.75, 3.05) is 11.1 Å². The highest BCUT2D eigenvalue weighted by molar-refractivity contribution is 6.07. The molecule has 0 aliphatic carbocycles. The van der Waals surface area contributed by atoms with Gasteiger partial charge < -0.3 is 11.1 Å². The molecule has 3 rings (SSSR count). The number of benzene rings is 1. The molecule has 2 aromatic heterocycles. The summed E-state index contributed by atoms with van der Waals surface area (Å²) in [6, 6.07) is 9.57. The summed E-state index contributed by atoms with van der Waals surface area (Å²) in [4.78, 5) is 16.5. The van der Waals surface area contributed by atoms with Crippen molar-refractivity contribution in [2.24, 2.45) is 0 Å². The van der Waals surface area contributed by atoms with Gasteiger partial charge in [0.25, 0.3) is 5.91 Å². The first-order chi connectivity index (χ1) is 10.2. The lowest BCUT2D eigenvalue weighted by Gasteiger charge is -2.05. The van der Waals surface area contributed by atoms with E-state index in [2.05, 4.69) is 20.5 Å². The number of aromatic nitrogens is 3. The minimum Gasteiger partial charge on any atom is -0.395 e. The number of carbonyl (C=O) groups excluding carboxylic acids is 1. The average molecular weight is 281 g/mol. The molecule has 0 fully saturated rings. The molecule has 0 radical (unpaired) electrons.